The van der Waals surface area contributed by atoms with Crippen LogP contribution in [0.15, 0.2) is 0 Å². The maximum Gasteiger partial charge on any atom is 0.349 e. The van der Waals surface area contributed by atoms with Gasteiger partial charge in [0.05, 0.1) is 6.61 Å². The van der Waals surface area contributed by atoms with Crippen LogP contribution in [-0.4, -0.2) is 57.3 Å². The van der Waals surface area contributed by atoms with E-state index in [1.54, 1.807) is 0 Å². The topological polar surface area (TPSA) is 126 Å². The largest absolute Gasteiger partial charge is 0.388 e. The van der Waals surface area contributed by atoms with E-state index in [2.05, 4.69) is 14.5 Å². The molecule has 0 radical (unpaired) electrons. The molecule has 4 N–H and O–H groups in total. The van der Waals surface area contributed by atoms with Gasteiger partial charge in [0.1, 0.15) is 12.2 Å². The number of ether oxygens (including phenoxy) is 1. The van der Waals surface area contributed by atoms with E-state index in [9.17, 15) is 20.1 Å². The lowest BCUT2D eigenvalue weighted by Gasteiger charge is -2.38. The molecule has 8 nitrogen and oxygen atoms in total. The first-order valence-corrected chi connectivity index (χ1v) is 4.13. The van der Waals surface area contributed by atoms with Crippen LogP contribution >= 0.6 is 0 Å². The summed E-state index contributed by atoms with van der Waals surface area (Å²) in [7, 11) is 0. The van der Waals surface area contributed by atoms with Gasteiger partial charge < -0.3 is 25.2 Å². The molecular formula is C7H12O8. The summed E-state index contributed by atoms with van der Waals surface area (Å²) in [5, 5.41) is 36.9. The van der Waals surface area contributed by atoms with Crippen LogP contribution in [0.5, 0.6) is 0 Å². The molecule has 0 aromatic rings. The molecule has 1 aliphatic heterocycles. The van der Waals surface area contributed by atoms with E-state index in [-0.39, 0.29) is 0 Å². The molecule has 1 fully saturated rings. The number of hydrogen-bond acceptors (Lipinski definition) is 8. The first-order valence-electron chi connectivity index (χ1n) is 4.13. The first kappa shape index (κ1) is 12.3. The smallest absolute Gasteiger partial charge is 0.349 e. The van der Waals surface area contributed by atoms with Crippen molar-refractivity contribution in [2.45, 2.75) is 31.2 Å². The lowest BCUT2D eigenvalue weighted by molar-refractivity contribution is -0.517. The van der Waals surface area contributed by atoms with Crippen molar-refractivity contribution in [1.82, 2.24) is 0 Å². The Kier molecular flexibility index (Phi) is 3.60. The maximum absolute atomic E-state index is 10.4. The zero-order valence-electron chi connectivity index (χ0n) is 7.86. The molecule has 88 valence electrons. The molecule has 0 spiro atoms. The second-order valence-electron chi connectivity index (χ2n) is 3.10. The molecule has 8 heteroatoms. The average Bonchev–Trinajstić information content (AvgIpc) is 2.19. The fourth-order valence-electron chi connectivity index (χ4n) is 1.01. The molecule has 0 aromatic carbocycles. The average molecular weight is 224 g/mol. The highest BCUT2D eigenvalue weighted by Gasteiger charge is 2.51. The maximum atomic E-state index is 10.4. The van der Waals surface area contributed by atoms with Crippen molar-refractivity contribution in [2.24, 2.45) is 0 Å². The molecular weight excluding hydrogens is 212 g/mol. The highest BCUT2D eigenvalue weighted by atomic mass is 17.3. The van der Waals surface area contributed by atoms with Gasteiger partial charge in [0.25, 0.3) is 0 Å². The molecule has 0 saturated carbocycles. The summed E-state index contributed by atoms with van der Waals surface area (Å²) in [6.07, 6.45) is -4.99. The van der Waals surface area contributed by atoms with Crippen molar-refractivity contribution in [3.8, 4) is 0 Å². The van der Waals surface area contributed by atoms with Gasteiger partial charge in [-0.15, -0.1) is 4.89 Å². The molecule has 0 amide bonds. The number of rotatable bonds is 2. The van der Waals surface area contributed by atoms with Crippen LogP contribution in [0.1, 0.15) is 6.92 Å². The highest BCUT2D eigenvalue weighted by molar-refractivity contribution is 5.65. The predicted molar refractivity (Wildman–Crippen MR) is 41.8 cm³/mol. The fraction of sp³-hybridized carbons (Fsp3) is 0.857. The van der Waals surface area contributed by atoms with E-state index in [0.29, 0.717) is 0 Å². The summed E-state index contributed by atoms with van der Waals surface area (Å²) in [4.78, 5) is 18.5. The number of aliphatic hydroxyl groups is 4. The summed E-state index contributed by atoms with van der Waals surface area (Å²) in [5.74, 6) is -3.55. The quantitative estimate of drug-likeness (QED) is 0.226. The van der Waals surface area contributed by atoms with Gasteiger partial charge in [-0.05, 0) is 0 Å². The van der Waals surface area contributed by atoms with E-state index in [0.717, 1.165) is 6.92 Å². The van der Waals surface area contributed by atoms with Crippen LogP contribution in [-0.2, 0) is 19.3 Å². The van der Waals surface area contributed by atoms with Crippen molar-refractivity contribution in [2.75, 3.05) is 6.61 Å². The Labute approximate surface area is 84.5 Å². The van der Waals surface area contributed by atoms with Gasteiger partial charge in [-0.25, -0.2) is 4.79 Å². The molecule has 0 aliphatic carbocycles. The fourth-order valence-corrected chi connectivity index (χ4v) is 1.01. The van der Waals surface area contributed by atoms with Crippen molar-refractivity contribution in [3.05, 3.63) is 0 Å². The van der Waals surface area contributed by atoms with Gasteiger partial charge >= 0.3 is 11.9 Å². The third-order valence-corrected chi connectivity index (χ3v) is 1.83. The van der Waals surface area contributed by atoms with E-state index >= 15 is 0 Å². The molecule has 15 heavy (non-hydrogen) atoms. The predicted octanol–water partition coefficient (Wildman–Crippen LogP) is -2.76. The van der Waals surface area contributed by atoms with Crippen LogP contribution < -0.4 is 0 Å². The van der Waals surface area contributed by atoms with Gasteiger partial charge in [-0.1, -0.05) is 0 Å². The first-order chi connectivity index (χ1) is 6.87. The minimum Gasteiger partial charge on any atom is -0.388 e. The number of carbonyl (C=O) groups is 1. The normalized spacial score (nSPS) is 41.3. The Morgan fingerprint density at radius 2 is 2.07 bits per heavy atom. The minimum atomic E-state index is -2.68. The van der Waals surface area contributed by atoms with Crippen molar-refractivity contribution >= 4 is 5.97 Å². The summed E-state index contributed by atoms with van der Waals surface area (Å²) >= 11 is 0. The number of hydrogen-bond donors (Lipinski definition) is 4. The number of carbonyl (C=O) groups excluding carboxylic acids is 1. The van der Waals surface area contributed by atoms with Crippen LogP contribution in [0.4, 0.5) is 0 Å². The van der Waals surface area contributed by atoms with Crippen LogP contribution in [0.2, 0.25) is 0 Å². The molecule has 0 unspecified atom stereocenters. The van der Waals surface area contributed by atoms with E-state index in [4.69, 9.17) is 5.11 Å². The molecule has 1 aliphatic rings. The zero-order valence-corrected chi connectivity index (χ0v) is 7.86. The SMILES string of the molecule is CC(=O)OO[C@@]1(O)OC[C@@H](O)[C@H](O)[C@H]1O. The molecule has 1 saturated heterocycles. The summed E-state index contributed by atoms with van der Waals surface area (Å²) in [6.45, 7) is 0.528. The summed E-state index contributed by atoms with van der Waals surface area (Å²) in [6, 6.07) is 0. The Hall–Kier alpha value is -0.770. The van der Waals surface area contributed by atoms with Crippen LogP contribution in [0, 0.1) is 0 Å². The van der Waals surface area contributed by atoms with Crippen molar-refractivity contribution < 1.29 is 39.7 Å². The third-order valence-electron chi connectivity index (χ3n) is 1.83. The molecule has 4 atom stereocenters. The molecule has 0 bridgehead atoms. The summed E-state index contributed by atoms with van der Waals surface area (Å²) in [5.41, 5.74) is 0. The molecule has 0 aromatic heterocycles. The van der Waals surface area contributed by atoms with E-state index in [1.807, 2.05) is 0 Å². The highest BCUT2D eigenvalue weighted by Crippen LogP contribution is 2.25. The molecule has 1 heterocycles. The van der Waals surface area contributed by atoms with Crippen LogP contribution in [0.3, 0.4) is 0 Å². The molecule has 1 rings (SSSR count). The van der Waals surface area contributed by atoms with Gasteiger partial charge in [0.2, 0.25) is 0 Å². The Morgan fingerprint density at radius 1 is 1.47 bits per heavy atom. The second-order valence-corrected chi connectivity index (χ2v) is 3.10. The van der Waals surface area contributed by atoms with Gasteiger partial charge in [-0.2, -0.15) is 0 Å². The second kappa shape index (κ2) is 4.39. The van der Waals surface area contributed by atoms with Gasteiger partial charge in [0, 0.05) is 6.92 Å². The van der Waals surface area contributed by atoms with Gasteiger partial charge in [-0.3, -0.25) is 4.89 Å². The number of aliphatic hydroxyl groups excluding tert-OH is 3. The van der Waals surface area contributed by atoms with Crippen molar-refractivity contribution in [3.63, 3.8) is 0 Å². The van der Waals surface area contributed by atoms with Crippen molar-refractivity contribution in [1.29, 1.82) is 0 Å². The van der Waals surface area contributed by atoms with Gasteiger partial charge in [0.15, 0.2) is 6.10 Å². The standard InChI is InChI=1S/C7H12O8/c1-3(8)14-15-7(12)6(11)5(10)4(9)2-13-7/h4-6,9-12H,2H2,1H3/t4-,5+,6-,7+/m1/s1. The minimum absolute atomic E-state index is 0.476. The lowest BCUT2D eigenvalue weighted by atomic mass is 10.0. The third kappa shape index (κ3) is 2.62. The Bertz CT molecular complexity index is 243. The Balaban J connectivity index is 2.63. The summed E-state index contributed by atoms with van der Waals surface area (Å²) < 4.78 is 4.51. The zero-order chi connectivity index (χ0) is 11.6. The van der Waals surface area contributed by atoms with Crippen LogP contribution in [0.25, 0.3) is 0 Å². The monoisotopic (exact) mass is 224 g/mol. The Morgan fingerprint density at radius 3 is 2.60 bits per heavy atom. The van der Waals surface area contributed by atoms with E-state index in [1.165, 1.54) is 0 Å². The lowest BCUT2D eigenvalue weighted by Crippen LogP contribution is -2.62. The van der Waals surface area contributed by atoms with E-state index < -0.39 is 36.9 Å².